The number of hydrogen-bond donors (Lipinski definition) is 1. The minimum atomic E-state index is -1.30. The quantitative estimate of drug-likeness (QED) is 0.627. The first-order valence-electron chi connectivity index (χ1n) is 5.33. The highest BCUT2D eigenvalue weighted by atomic mass is 28.3. The fourth-order valence-corrected chi connectivity index (χ4v) is 1.86. The van der Waals surface area contributed by atoms with E-state index in [2.05, 4.69) is 56.9 Å². The van der Waals surface area contributed by atoms with Gasteiger partial charge in [0.15, 0.2) is 5.82 Å². The number of aromatic nitrogens is 5. The fraction of sp³-hybridized carbons (Fsp3) is 0.400. The van der Waals surface area contributed by atoms with E-state index in [1.165, 1.54) is 0 Å². The van der Waals surface area contributed by atoms with Gasteiger partial charge in [-0.25, -0.2) is 4.98 Å². The van der Waals surface area contributed by atoms with Gasteiger partial charge in [0.2, 0.25) is 5.65 Å². The third kappa shape index (κ3) is 3.01. The molecule has 0 aliphatic rings. The van der Waals surface area contributed by atoms with E-state index in [9.17, 15) is 0 Å². The zero-order valence-electron chi connectivity index (χ0n) is 10.1. The van der Waals surface area contributed by atoms with Crippen LogP contribution in [0.15, 0.2) is 12.4 Å². The van der Waals surface area contributed by atoms with Crippen LogP contribution in [0.4, 0.5) is 5.82 Å². The van der Waals surface area contributed by atoms with Gasteiger partial charge in [-0.15, -0.1) is 10.6 Å². The maximum atomic E-state index is 4.18. The third-order valence-corrected chi connectivity index (χ3v) is 2.85. The molecule has 0 unspecified atom stereocenters. The summed E-state index contributed by atoms with van der Waals surface area (Å²) in [5.74, 6) is 3.77. The molecule has 2 heterocycles. The number of nitrogens with zero attached hydrogens (tertiary/aromatic N) is 5. The van der Waals surface area contributed by atoms with Gasteiger partial charge in [-0.3, -0.25) is 0 Å². The summed E-state index contributed by atoms with van der Waals surface area (Å²) in [6.45, 7) is 7.19. The van der Waals surface area contributed by atoms with Crippen molar-refractivity contribution < 1.29 is 0 Å². The Hall–Kier alpha value is -1.94. The van der Waals surface area contributed by atoms with Crippen molar-refractivity contribution in [3.63, 3.8) is 0 Å². The molecule has 0 radical (unpaired) electrons. The molecule has 0 bridgehead atoms. The minimum absolute atomic E-state index is 0.559. The van der Waals surface area contributed by atoms with Crippen molar-refractivity contribution in [1.29, 1.82) is 0 Å². The minimum Gasteiger partial charge on any atom is -0.356 e. The van der Waals surface area contributed by atoms with E-state index < -0.39 is 8.07 Å². The smallest absolute Gasteiger partial charge is 0.221 e. The Balaban J connectivity index is 2.09. The summed E-state index contributed by atoms with van der Waals surface area (Å²) < 4.78 is 1.57. The Morgan fingerprint density at radius 1 is 1.41 bits per heavy atom. The number of rotatable bonds is 2. The van der Waals surface area contributed by atoms with Crippen molar-refractivity contribution in [1.82, 2.24) is 25.0 Å². The average Bonchev–Trinajstić information content (AvgIpc) is 2.71. The molecule has 2 aromatic rings. The van der Waals surface area contributed by atoms with E-state index in [1.807, 2.05) is 0 Å². The molecule has 6 nitrogen and oxygen atoms in total. The fourth-order valence-electron chi connectivity index (χ4n) is 1.24. The molecule has 7 heteroatoms. The van der Waals surface area contributed by atoms with Gasteiger partial charge < -0.3 is 5.32 Å². The van der Waals surface area contributed by atoms with E-state index >= 15 is 0 Å². The highest BCUT2D eigenvalue weighted by Gasteiger charge is 2.07. The molecule has 0 aliphatic carbocycles. The van der Waals surface area contributed by atoms with Crippen molar-refractivity contribution in [2.45, 2.75) is 19.6 Å². The molecule has 0 aliphatic heterocycles. The molecule has 0 fully saturated rings. The zero-order chi connectivity index (χ0) is 12.3. The third-order valence-electron chi connectivity index (χ3n) is 1.92. The Kier molecular flexibility index (Phi) is 3.06. The van der Waals surface area contributed by atoms with Gasteiger partial charge in [0.25, 0.3) is 0 Å². The second-order valence-corrected chi connectivity index (χ2v) is 9.38. The Morgan fingerprint density at radius 3 is 3.00 bits per heavy atom. The highest BCUT2D eigenvalue weighted by molar-refractivity contribution is 6.83. The van der Waals surface area contributed by atoms with Crippen molar-refractivity contribution in [3.8, 4) is 11.5 Å². The molecule has 2 aromatic heterocycles. The topological polar surface area (TPSA) is 68.0 Å². The standard InChI is InChI=1S/C10H14N6Si/c1-17(2,3)8-4-5-11-9-10-13-14-15-16(10)7-6-12-9/h6-7H,5H2,1-3H3,(H,11,12). The molecule has 0 aromatic carbocycles. The number of hydrogen-bond acceptors (Lipinski definition) is 5. The van der Waals surface area contributed by atoms with Crippen LogP contribution in [0.5, 0.6) is 0 Å². The molecule has 0 saturated carbocycles. The van der Waals surface area contributed by atoms with E-state index in [1.54, 1.807) is 16.9 Å². The van der Waals surface area contributed by atoms with E-state index in [-0.39, 0.29) is 0 Å². The van der Waals surface area contributed by atoms with Crippen molar-refractivity contribution in [2.24, 2.45) is 0 Å². The summed E-state index contributed by atoms with van der Waals surface area (Å²) in [7, 11) is -1.30. The maximum absolute atomic E-state index is 4.18. The molecule has 0 saturated heterocycles. The first-order valence-corrected chi connectivity index (χ1v) is 8.83. The molecule has 0 amide bonds. The van der Waals surface area contributed by atoms with E-state index in [4.69, 9.17) is 0 Å². The summed E-state index contributed by atoms with van der Waals surface area (Å²) in [5, 5.41) is 14.4. The largest absolute Gasteiger partial charge is 0.356 e. The van der Waals surface area contributed by atoms with Gasteiger partial charge in [-0.05, 0) is 10.4 Å². The Morgan fingerprint density at radius 2 is 2.24 bits per heavy atom. The van der Waals surface area contributed by atoms with Crippen molar-refractivity contribution in [2.75, 3.05) is 11.9 Å². The second kappa shape index (κ2) is 4.51. The predicted octanol–water partition coefficient (Wildman–Crippen LogP) is 0.812. The summed E-state index contributed by atoms with van der Waals surface area (Å²) in [4.78, 5) is 4.18. The summed E-state index contributed by atoms with van der Waals surface area (Å²) in [6, 6.07) is 0. The lowest BCUT2D eigenvalue weighted by Gasteiger charge is -2.04. The van der Waals surface area contributed by atoms with Gasteiger partial charge in [-0.2, -0.15) is 4.52 Å². The number of nitrogens with one attached hydrogen (secondary N) is 1. The van der Waals surface area contributed by atoms with Crippen LogP contribution < -0.4 is 5.32 Å². The van der Waals surface area contributed by atoms with E-state index in [0.717, 1.165) is 0 Å². The summed E-state index contributed by atoms with van der Waals surface area (Å²) >= 11 is 0. The lowest BCUT2D eigenvalue weighted by atomic mass is 10.5. The van der Waals surface area contributed by atoms with Gasteiger partial charge in [0.05, 0.1) is 12.7 Å². The van der Waals surface area contributed by atoms with Crippen LogP contribution in [-0.4, -0.2) is 39.6 Å². The summed E-state index contributed by atoms with van der Waals surface area (Å²) in [6.07, 6.45) is 3.35. The van der Waals surface area contributed by atoms with Gasteiger partial charge in [0, 0.05) is 6.20 Å². The van der Waals surface area contributed by atoms with Gasteiger partial charge in [0.1, 0.15) is 8.07 Å². The first-order chi connectivity index (χ1) is 8.06. The van der Waals surface area contributed by atoms with Crippen LogP contribution in [-0.2, 0) is 0 Å². The lowest BCUT2D eigenvalue weighted by Crippen LogP contribution is -2.17. The molecule has 17 heavy (non-hydrogen) atoms. The molecular formula is C10H14N6Si. The molecule has 88 valence electrons. The lowest BCUT2D eigenvalue weighted by molar-refractivity contribution is 0.820. The van der Waals surface area contributed by atoms with Crippen LogP contribution in [0.2, 0.25) is 19.6 Å². The maximum Gasteiger partial charge on any atom is 0.221 e. The normalized spacial score (nSPS) is 11.0. The van der Waals surface area contributed by atoms with Crippen LogP contribution >= 0.6 is 0 Å². The summed E-state index contributed by atoms with van der Waals surface area (Å²) in [5.41, 5.74) is 3.89. The van der Waals surface area contributed by atoms with Gasteiger partial charge in [-0.1, -0.05) is 25.6 Å². The molecule has 2 rings (SSSR count). The van der Waals surface area contributed by atoms with Crippen molar-refractivity contribution in [3.05, 3.63) is 12.4 Å². The molecular weight excluding hydrogens is 232 g/mol. The van der Waals surface area contributed by atoms with E-state index in [0.29, 0.717) is 18.0 Å². The predicted molar refractivity (Wildman–Crippen MR) is 68.2 cm³/mol. The number of fused-ring (bicyclic) bond motifs is 1. The second-order valence-electron chi connectivity index (χ2n) is 4.63. The monoisotopic (exact) mass is 246 g/mol. The highest BCUT2D eigenvalue weighted by Crippen LogP contribution is 2.07. The van der Waals surface area contributed by atoms with Crippen LogP contribution in [0.25, 0.3) is 5.65 Å². The van der Waals surface area contributed by atoms with Crippen LogP contribution in [0, 0.1) is 11.5 Å². The van der Waals surface area contributed by atoms with Gasteiger partial charge >= 0.3 is 0 Å². The molecule has 1 N–H and O–H groups in total. The first kappa shape index (κ1) is 11.5. The number of anilines is 1. The SMILES string of the molecule is C[Si](C)(C)C#CCNc1nccn2nnnc12. The van der Waals surface area contributed by atoms with Crippen LogP contribution in [0.3, 0.4) is 0 Å². The van der Waals surface area contributed by atoms with Crippen LogP contribution in [0.1, 0.15) is 0 Å². The average molecular weight is 246 g/mol. The number of tetrazole rings is 1. The Bertz CT molecular complexity index is 573. The molecule has 0 atom stereocenters. The van der Waals surface area contributed by atoms with Crippen molar-refractivity contribution >= 4 is 19.5 Å². The zero-order valence-corrected chi connectivity index (χ0v) is 11.1. The molecule has 0 spiro atoms. The Labute approximate surface area is 100 Å².